The number of amides is 1. The zero-order chi connectivity index (χ0) is 41.7. The van der Waals surface area contributed by atoms with Gasteiger partial charge in [-0.1, -0.05) is 204 Å². The van der Waals surface area contributed by atoms with Crippen LogP contribution >= 0.6 is 0 Å². The van der Waals surface area contributed by atoms with E-state index in [0.717, 1.165) is 83.5 Å². The van der Waals surface area contributed by atoms with Crippen molar-refractivity contribution in [3.8, 4) is 0 Å². The van der Waals surface area contributed by atoms with Crippen LogP contribution in [0.1, 0.15) is 239 Å². The fourth-order valence-electron chi connectivity index (χ4n) is 7.25. The number of hydrogen-bond acceptors (Lipinski definition) is 5. The first-order chi connectivity index (χ1) is 28.0. The molecule has 6 heteroatoms. The Labute approximate surface area is 353 Å². The predicted octanol–water partition coefficient (Wildman–Crippen LogP) is 14.3. The zero-order valence-electron chi connectivity index (χ0n) is 37.7. The van der Waals surface area contributed by atoms with Crippen molar-refractivity contribution in [3.05, 3.63) is 48.6 Å². The molecule has 0 aliphatic heterocycles. The molecule has 6 nitrogen and oxygen atoms in total. The van der Waals surface area contributed by atoms with E-state index in [1.165, 1.54) is 109 Å². The standard InChI is InChI=1S/C51H93NO5/c1-4-7-10-13-16-19-21-23-25-27-29-32-35-38-41-44-51(56)57-47(42-39-36-33-31-28-26-24-22-20-17-14-11-8-5-2)45-50(55)52-48(46-53)49(54)43-40-37-34-30-18-15-12-9-6-3/h7,10,13,16,19,21,26,28,47-49,53-54H,4-6,8-9,11-12,14-15,17-18,20,22-25,27,29-46H2,1-3H3,(H,52,55)/b10-7+,16-13+,21-19+,28-26+. The summed E-state index contributed by atoms with van der Waals surface area (Å²) >= 11 is 0. The molecule has 0 aromatic carbocycles. The third kappa shape index (κ3) is 40.4. The number of aliphatic hydroxyl groups excluding tert-OH is 2. The van der Waals surface area contributed by atoms with Gasteiger partial charge in [0.15, 0.2) is 0 Å². The number of allylic oxidation sites excluding steroid dienone is 8. The average molecular weight is 800 g/mol. The monoisotopic (exact) mass is 800 g/mol. The van der Waals surface area contributed by atoms with E-state index in [4.69, 9.17) is 4.74 Å². The molecular formula is C51H93NO5. The van der Waals surface area contributed by atoms with E-state index in [0.29, 0.717) is 19.3 Å². The molecule has 57 heavy (non-hydrogen) atoms. The number of carbonyl (C=O) groups excluding carboxylic acids is 2. The van der Waals surface area contributed by atoms with E-state index >= 15 is 0 Å². The lowest BCUT2D eigenvalue weighted by molar-refractivity contribution is -0.151. The molecule has 0 rings (SSSR count). The van der Waals surface area contributed by atoms with Crippen LogP contribution in [0.25, 0.3) is 0 Å². The van der Waals surface area contributed by atoms with E-state index in [1.54, 1.807) is 0 Å². The zero-order valence-corrected chi connectivity index (χ0v) is 37.7. The highest BCUT2D eigenvalue weighted by atomic mass is 16.5. The molecule has 0 saturated carbocycles. The molecule has 0 bridgehead atoms. The van der Waals surface area contributed by atoms with E-state index in [1.807, 2.05) is 0 Å². The van der Waals surface area contributed by atoms with Gasteiger partial charge in [-0.2, -0.15) is 0 Å². The summed E-state index contributed by atoms with van der Waals surface area (Å²) in [6.07, 6.45) is 53.1. The van der Waals surface area contributed by atoms with Crippen LogP contribution in [0, 0.1) is 0 Å². The van der Waals surface area contributed by atoms with E-state index in [2.05, 4.69) is 74.7 Å². The minimum atomic E-state index is -0.791. The molecule has 3 N–H and O–H groups in total. The summed E-state index contributed by atoms with van der Waals surface area (Å²) in [6, 6.07) is -0.706. The molecule has 0 spiro atoms. The van der Waals surface area contributed by atoms with E-state index in [-0.39, 0.29) is 24.9 Å². The fourth-order valence-corrected chi connectivity index (χ4v) is 7.25. The Morgan fingerprint density at radius 2 is 0.965 bits per heavy atom. The van der Waals surface area contributed by atoms with Gasteiger partial charge in [0.05, 0.1) is 25.2 Å². The van der Waals surface area contributed by atoms with Crippen molar-refractivity contribution >= 4 is 11.9 Å². The van der Waals surface area contributed by atoms with Crippen molar-refractivity contribution in [2.24, 2.45) is 0 Å². The number of hydrogen-bond donors (Lipinski definition) is 3. The van der Waals surface area contributed by atoms with Crippen molar-refractivity contribution in [1.82, 2.24) is 5.32 Å². The maximum Gasteiger partial charge on any atom is 0.306 e. The molecule has 0 heterocycles. The van der Waals surface area contributed by atoms with Gasteiger partial charge >= 0.3 is 5.97 Å². The Balaban J connectivity index is 4.62. The number of unbranched alkanes of at least 4 members (excludes halogenated alkanes) is 25. The molecule has 0 fully saturated rings. The van der Waals surface area contributed by atoms with Crippen LogP contribution in [0.3, 0.4) is 0 Å². The minimum Gasteiger partial charge on any atom is -0.462 e. The average Bonchev–Trinajstić information content (AvgIpc) is 3.20. The van der Waals surface area contributed by atoms with Gasteiger partial charge in [-0.3, -0.25) is 9.59 Å². The fraction of sp³-hybridized carbons (Fsp3) is 0.804. The second kappa shape index (κ2) is 44.9. The third-order valence-corrected chi connectivity index (χ3v) is 11.0. The summed E-state index contributed by atoms with van der Waals surface area (Å²) in [7, 11) is 0. The maximum absolute atomic E-state index is 13.1. The van der Waals surface area contributed by atoms with Gasteiger partial charge in [-0.25, -0.2) is 0 Å². The molecule has 0 aliphatic carbocycles. The van der Waals surface area contributed by atoms with Gasteiger partial charge in [-0.05, 0) is 70.6 Å². The van der Waals surface area contributed by atoms with Crippen molar-refractivity contribution in [3.63, 3.8) is 0 Å². The Morgan fingerprint density at radius 1 is 0.526 bits per heavy atom. The SMILES string of the molecule is CC/C=C/C=C/C=C/CCCCCCCCCC(=O)OC(CCCCC/C=C/CCCCCCCCC)CC(=O)NC(CO)C(O)CCCCCCCCCCC. The molecule has 0 saturated heterocycles. The molecule has 0 radical (unpaired) electrons. The van der Waals surface area contributed by atoms with Crippen molar-refractivity contribution in [2.75, 3.05) is 6.61 Å². The van der Waals surface area contributed by atoms with Gasteiger partial charge in [0, 0.05) is 6.42 Å². The number of nitrogens with one attached hydrogen (secondary N) is 1. The molecule has 0 aromatic rings. The van der Waals surface area contributed by atoms with Crippen LogP contribution in [0.5, 0.6) is 0 Å². The summed E-state index contributed by atoms with van der Waals surface area (Å²) in [5.41, 5.74) is 0. The van der Waals surface area contributed by atoms with Crippen molar-refractivity contribution in [1.29, 1.82) is 0 Å². The normalized spacial score (nSPS) is 13.7. The minimum absolute atomic E-state index is 0.0622. The number of aliphatic hydroxyl groups is 2. The van der Waals surface area contributed by atoms with Crippen LogP contribution in [0.15, 0.2) is 48.6 Å². The number of esters is 1. The second-order valence-electron chi connectivity index (χ2n) is 16.5. The molecule has 0 aromatic heterocycles. The van der Waals surface area contributed by atoms with Crippen LogP contribution in [-0.4, -0.2) is 46.9 Å². The van der Waals surface area contributed by atoms with Gasteiger partial charge < -0.3 is 20.3 Å². The molecule has 3 unspecified atom stereocenters. The Morgan fingerprint density at radius 3 is 1.49 bits per heavy atom. The third-order valence-electron chi connectivity index (χ3n) is 11.0. The molecule has 332 valence electrons. The first-order valence-electron chi connectivity index (χ1n) is 24.4. The summed E-state index contributed by atoms with van der Waals surface area (Å²) in [6.45, 7) is 6.32. The summed E-state index contributed by atoms with van der Waals surface area (Å²) in [5.74, 6) is -0.501. The van der Waals surface area contributed by atoms with Gasteiger partial charge in [0.25, 0.3) is 0 Å². The highest BCUT2D eigenvalue weighted by Crippen LogP contribution is 2.17. The highest BCUT2D eigenvalue weighted by molar-refractivity contribution is 5.77. The summed E-state index contributed by atoms with van der Waals surface area (Å²) in [4.78, 5) is 26.0. The van der Waals surface area contributed by atoms with Crippen molar-refractivity contribution in [2.45, 2.75) is 257 Å². The smallest absolute Gasteiger partial charge is 0.306 e. The number of ether oxygens (including phenoxy) is 1. The Hall–Kier alpha value is -2.18. The van der Waals surface area contributed by atoms with Crippen molar-refractivity contribution < 1.29 is 24.5 Å². The maximum atomic E-state index is 13.1. The van der Waals surface area contributed by atoms with E-state index < -0.39 is 18.2 Å². The van der Waals surface area contributed by atoms with Crippen LogP contribution in [-0.2, 0) is 14.3 Å². The van der Waals surface area contributed by atoms with Crippen LogP contribution in [0.4, 0.5) is 0 Å². The van der Waals surface area contributed by atoms with Gasteiger partial charge in [-0.15, -0.1) is 0 Å². The topological polar surface area (TPSA) is 95.9 Å². The molecule has 3 atom stereocenters. The van der Waals surface area contributed by atoms with Crippen LogP contribution in [0.2, 0.25) is 0 Å². The molecule has 0 aliphatic rings. The Bertz CT molecular complexity index is 988. The second-order valence-corrected chi connectivity index (χ2v) is 16.5. The van der Waals surface area contributed by atoms with E-state index in [9.17, 15) is 19.8 Å². The summed E-state index contributed by atoms with van der Waals surface area (Å²) in [5, 5.41) is 23.6. The first-order valence-corrected chi connectivity index (χ1v) is 24.4. The lowest BCUT2D eigenvalue weighted by Gasteiger charge is -2.24. The molecule has 1 amide bonds. The predicted molar refractivity (Wildman–Crippen MR) is 245 cm³/mol. The molecular weight excluding hydrogens is 707 g/mol. The van der Waals surface area contributed by atoms with Gasteiger partial charge in [0.1, 0.15) is 6.10 Å². The lowest BCUT2D eigenvalue weighted by Crippen LogP contribution is -2.46. The largest absolute Gasteiger partial charge is 0.462 e. The number of carbonyl (C=O) groups is 2. The quantitative estimate of drug-likeness (QED) is 0.0247. The Kier molecular flexibility index (Phi) is 43.2. The van der Waals surface area contributed by atoms with Crippen LogP contribution < -0.4 is 5.32 Å². The summed E-state index contributed by atoms with van der Waals surface area (Å²) < 4.78 is 5.91. The first kappa shape index (κ1) is 54.8. The number of rotatable bonds is 43. The highest BCUT2D eigenvalue weighted by Gasteiger charge is 2.24. The van der Waals surface area contributed by atoms with Gasteiger partial charge in [0.2, 0.25) is 5.91 Å². The lowest BCUT2D eigenvalue weighted by atomic mass is 10.0.